The van der Waals surface area contributed by atoms with Gasteiger partial charge in [0.2, 0.25) is 5.91 Å². The smallest absolute Gasteiger partial charge is 0.266 e. The number of aromatic amines is 1. The summed E-state index contributed by atoms with van der Waals surface area (Å²) in [5.41, 5.74) is 3.00. The molecule has 0 saturated carbocycles. The molecule has 0 aliphatic heterocycles. The minimum atomic E-state index is -0.395. The van der Waals surface area contributed by atoms with Gasteiger partial charge in [-0.25, -0.2) is 0 Å². The van der Waals surface area contributed by atoms with E-state index in [0.29, 0.717) is 30.0 Å². The van der Waals surface area contributed by atoms with Gasteiger partial charge in [-0.05, 0) is 55.5 Å². The van der Waals surface area contributed by atoms with E-state index in [-0.39, 0.29) is 17.9 Å². The molecule has 0 aliphatic rings. The molecule has 0 bridgehead atoms. The number of hydrogen-bond donors (Lipinski definition) is 2. The molecule has 0 aliphatic carbocycles. The van der Waals surface area contributed by atoms with Crippen LogP contribution in [-0.4, -0.2) is 25.7 Å². The van der Waals surface area contributed by atoms with Gasteiger partial charge in [-0.15, -0.1) is 0 Å². The van der Waals surface area contributed by atoms with Gasteiger partial charge in [0.05, 0.1) is 0 Å². The molecule has 0 spiro atoms. The summed E-state index contributed by atoms with van der Waals surface area (Å²) >= 11 is 0. The lowest BCUT2D eigenvalue weighted by Gasteiger charge is -2.10. The van der Waals surface area contributed by atoms with E-state index in [4.69, 9.17) is 5.26 Å². The Morgan fingerprint density at radius 3 is 2.72 bits per heavy atom. The highest BCUT2D eigenvalue weighted by atomic mass is 16.1. The van der Waals surface area contributed by atoms with E-state index in [1.54, 1.807) is 37.0 Å². The average molecular weight is 390 g/mol. The van der Waals surface area contributed by atoms with Crippen molar-refractivity contribution in [2.24, 2.45) is 0 Å². The number of hydrogen-bond acceptors (Lipinski definition) is 5. The second-order valence-corrected chi connectivity index (χ2v) is 6.79. The monoisotopic (exact) mass is 390 g/mol. The molecule has 8 nitrogen and oxygen atoms in total. The van der Waals surface area contributed by atoms with Gasteiger partial charge in [0, 0.05) is 43.3 Å². The second kappa shape index (κ2) is 8.97. The number of amides is 1. The SMILES string of the molecule is Cc1[nH]c(=O)c(C#N)c(C)c1CCC(=O)Nc1ccn(CCc2ccncc2)n1. The van der Waals surface area contributed by atoms with E-state index in [1.807, 2.05) is 24.4 Å². The molecular formula is C21H22N6O2. The van der Waals surface area contributed by atoms with Crippen LogP contribution in [0, 0.1) is 25.2 Å². The maximum Gasteiger partial charge on any atom is 0.266 e. The average Bonchev–Trinajstić information content (AvgIpc) is 3.14. The van der Waals surface area contributed by atoms with Crippen molar-refractivity contribution in [2.75, 3.05) is 5.32 Å². The van der Waals surface area contributed by atoms with Crippen LogP contribution in [0.15, 0.2) is 41.6 Å². The van der Waals surface area contributed by atoms with E-state index in [2.05, 4.69) is 20.4 Å². The summed E-state index contributed by atoms with van der Waals surface area (Å²) in [6, 6.07) is 7.61. The van der Waals surface area contributed by atoms with Gasteiger partial charge in [0.1, 0.15) is 11.6 Å². The number of nitrogens with one attached hydrogen (secondary N) is 2. The Labute approximate surface area is 168 Å². The fraction of sp³-hybridized carbons (Fsp3) is 0.286. The summed E-state index contributed by atoms with van der Waals surface area (Å²) in [6.45, 7) is 4.21. The highest BCUT2D eigenvalue weighted by Crippen LogP contribution is 2.15. The molecule has 0 unspecified atom stereocenters. The number of carbonyl (C=O) groups excluding carboxylic acids is 1. The Morgan fingerprint density at radius 1 is 1.24 bits per heavy atom. The lowest BCUT2D eigenvalue weighted by molar-refractivity contribution is -0.116. The van der Waals surface area contributed by atoms with Gasteiger partial charge in [0.25, 0.3) is 5.56 Å². The second-order valence-electron chi connectivity index (χ2n) is 6.79. The molecule has 3 rings (SSSR count). The van der Waals surface area contributed by atoms with Crippen molar-refractivity contribution < 1.29 is 4.79 Å². The highest BCUT2D eigenvalue weighted by Gasteiger charge is 2.14. The number of nitrogens with zero attached hydrogens (tertiary/aromatic N) is 4. The van der Waals surface area contributed by atoms with Gasteiger partial charge < -0.3 is 10.3 Å². The lowest BCUT2D eigenvalue weighted by atomic mass is 9.99. The number of nitriles is 1. The van der Waals surface area contributed by atoms with Crippen LogP contribution in [0.2, 0.25) is 0 Å². The van der Waals surface area contributed by atoms with E-state index in [1.165, 1.54) is 5.56 Å². The fourth-order valence-electron chi connectivity index (χ4n) is 3.21. The predicted molar refractivity (Wildman–Crippen MR) is 108 cm³/mol. The normalized spacial score (nSPS) is 10.5. The number of H-pyrrole nitrogens is 1. The first kappa shape index (κ1) is 20.0. The predicted octanol–water partition coefficient (Wildman–Crippen LogP) is 2.27. The molecule has 148 valence electrons. The van der Waals surface area contributed by atoms with Crippen LogP contribution in [0.4, 0.5) is 5.82 Å². The van der Waals surface area contributed by atoms with Crippen LogP contribution in [-0.2, 0) is 24.2 Å². The molecule has 3 aromatic rings. The van der Waals surface area contributed by atoms with Crippen LogP contribution >= 0.6 is 0 Å². The zero-order valence-corrected chi connectivity index (χ0v) is 16.4. The standard InChI is InChI=1S/C21H22N6O2/c1-14-17(15(2)24-21(29)18(14)13-22)3-4-20(28)25-19-8-12-27(26-19)11-7-16-5-9-23-10-6-16/h5-6,8-10,12H,3-4,7,11H2,1-2H3,(H,24,29)(H,25,26,28). The minimum absolute atomic E-state index is 0.0962. The van der Waals surface area contributed by atoms with Gasteiger partial charge in [-0.1, -0.05) is 0 Å². The quantitative estimate of drug-likeness (QED) is 0.642. The number of aromatic nitrogens is 4. The van der Waals surface area contributed by atoms with Crippen LogP contribution in [0.1, 0.15) is 34.4 Å². The van der Waals surface area contributed by atoms with Crippen molar-refractivity contribution >= 4 is 11.7 Å². The molecule has 0 aromatic carbocycles. The molecule has 3 heterocycles. The number of anilines is 1. The number of rotatable bonds is 7. The van der Waals surface area contributed by atoms with Crippen LogP contribution in [0.3, 0.4) is 0 Å². The van der Waals surface area contributed by atoms with Crippen molar-refractivity contribution in [1.29, 1.82) is 5.26 Å². The van der Waals surface area contributed by atoms with Crippen LogP contribution in [0.25, 0.3) is 0 Å². The van der Waals surface area contributed by atoms with Crippen molar-refractivity contribution in [3.63, 3.8) is 0 Å². The molecule has 2 N–H and O–H groups in total. The highest BCUT2D eigenvalue weighted by molar-refractivity contribution is 5.89. The van der Waals surface area contributed by atoms with Gasteiger partial charge in [-0.3, -0.25) is 19.3 Å². The molecule has 3 aromatic heterocycles. The topological polar surface area (TPSA) is 116 Å². The number of aryl methyl sites for hydroxylation is 3. The minimum Gasteiger partial charge on any atom is -0.325 e. The van der Waals surface area contributed by atoms with E-state index in [0.717, 1.165) is 12.0 Å². The summed E-state index contributed by atoms with van der Waals surface area (Å²) in [5.74, 6) is 0.324. The van der Waals surface area contributed by atoms with Crippen molar-refractivity contribution in [2.45, 2.75) is 39.7 Å². The van der Waals surface area contributed by atoms with Crippen LogP contribution < -0.4 is 10.9 Å². The third-order valence-electron chi connectivity index (χ3n) is 4.81. The Kier molecular flexibility index (Phi) is 6.19. The van der Waals surface area contributed by atoms with Crippen molar-refractivity contribution in [3.05, 3.63) is 75.1 Å². The Morgan fingerprint density at radius 2 is 2.00 bits per heavy atom. The summed E-state index contributed by atoms with van der Waals surface area (Å²) in [5, 5.41) is 16.3. The van der Waals surface area contributed by atoms with E-state index >= 15 is 0 Å². The lowest BCUT2D eigenvalue weighted by Crippen LogP contribution is -2.18. The summed E-state index contributed by atoms with van der Waals surface area (Å²) < 4.78 is 1.78. The van der Waals surface area contributed by atoms with Gasteiger partial charge >= 0.3 is 0 Å². The number of pyridine rings is 2. The first-order chi connectivity index (χ1) is 14.0. The van der Waals surface area contributed by atoms with Gasteiger partial charge in [-0.2, -0.15) is 10.4 Å². The van der Waals surface area contributed by atoms with E-state index < -0.39 is 5.56 Å². The number of carbonyl (C=O) groups is 1. The molecule has 8 heteroatoms. The van der Waals surface area contributed by atoms with Gasteiger partial charge in [0.15, 0.2) is 5.82 Å². The summed E-state index contributed by atoms with van der Waals surface area (Å²) in [4.78, 5) is 30.8. The molecular weight excluding hydrogens is 368 g/mol. The van der Waals surface area contributed by atoms with Crippen molar-refractivity contribution in [1.82, 2.24) is 19.7 Å². The van der Waals surface area contributed by atoms with Crippen molar-refractivity contribution in [3.8, 4) is 6.07 Å². The zero-order valence-electron chi connectivity index (χ0n) is 16.4. The fourth-order valence-corrected chi connectivity index (χ4v) is 3.21. The Bertz CT molecular complexity index is 1110. The first-order valence-corrected chi connectivity index (χ1v) is 9.32. The molecule has 0 saturated heterocycles. The van der Waals surface area contributed by atoms with Crippen LogP contribution in [0.5, 0.6) is 0 Å². The summed E-state index contributed by atoms with van der Waals surface area (Å²) in [7, 11) is 0. The largest absolute Gasteiger partial charge is 0.325 e. The van der Waals surface area contributed by atoms with E-state index in [9.17, 15) is 9.59 Å². The molecule has 29 heavy (non-hydrogen) atoms. The Balaban J connectivity index is 1.56. The first-order valence-electron chi connectivity index (χ1n) is 9.32. The molecule has 1 amide bonds. The zero-order chi connectivity index (χ0) is 20.8. The third kappa shape index (κ3) is 4.96. The Hall–Kier alpha value is -3.73. The third-order valence-corrected chi connectivity index (χ3v) is 4.81. The maximum absolute atomic E-state index is 12.3. The molecule has 0 fully saturated rings. The maximum atomic E-state index is 12.3. The summed E-state index contributed by atoms with van der Waals surface area (Å²) in [6.07, 6.45) is 6.82. The molecule has 0 atom stereocenters. The molecule has 0 radical (unpaired) electrons.